The number of rotatable bonds is 6. The molecule has 0 bridgehead atoms. The third kappa shape index (κ3) is 4.66. The van der Waals surface area contributed by atoms with Crippen molar-refractivity contribution in [1.82, 2.24) is 0 Å². The second-order valence-corrected chi connectivity index (χ2v) is 5.89. The van der Waals surface area contributed by atoms with Crippen molar-refractivity contribution in [1.29, 1.82) is 0 Å². The second-order valence-electron chi connectivity index (χ2n) is 3.87. The van der Waals surface area contributed by atoms with Crippen LogP contribution in [0.15, 0.2) is 34.8 Å². The fourth-order valence-corrected chi connectivity index (χ4v) is 2.52. The summed E-state index contributed by atoms with van der Waals surface area (Å²) in [4.78, 5) is 11.4. The van der Waals surface area contributed by atoms with Crippen LogP contribution in [-0.4, -0.2) is 24.5 Å². The average molecular weight is 392 g/mol. The van der Waals surface area contributed by atoms with Crippen molar-refractivity contribution >= 4 is 37.8 Å². The van der Waals surface area contributed by atoms with Crippen molar-refractivity contribution < 1.29 is 14.3 Å². The molecule has 1 atom stereocenters. The molecule has 1 unspecified atom stereocenters. The summed E-state index contributed by atoms with van der Waals surface area (Å²) in [6, 6.07) is 5.75. The van der Waals surface area contributed by atoms with Gasteiger partial charge in [-0.3, -0.25) is 0 Å². The van der Waals surface area contributed by atoms with Gasteiger partial charge in [0.1, 0.15) is 5.75 Å². The van der Waals surface area contributed by atoms with Crippen LogP contribution in [0.3, 0.4) is 0 Å². The molecule has 1 rings (SSSR count). The molecule has 0 N–H and O–H groups in total. The molecule has 0 aliphatic heterocycles. The highest BCUT2D eigenvalue weighted by atomic mass is 79.9. The molecule has 104 valence electrons. The Bertz CT molecular complexity index is 472. The number of carbonyl (C=O) groups excluding carboxylic acids is 1. The SMILES string of the molecule is C=C(C(=O)OCC)C(Br)Cc1cc(Br)ccc1OC. The first-order valence-electron chi connectivity index (χ1n) is 5.82. The normalized spacial score (nSPS) is 11.8. The molecule has 0 aliphatic carbocycles. The van der Waals surface area contributed by atoms with E-state index in [-0.39, 0.29) is 10.8 Å². The zero-order valence-corrected chi connectivity index (χ0v) is 14.1. The topological polar surface area (TPSA) is 35.5 Å². The van der Waals surface area contributed by atoms with Gasteiger partial charge in [0.25, 0.3) is 0 Å². The summed E-state index contributed by atoms with van der Waals surface area (Å²) in [7, 11) is 1.62. The Morgan fingerprint density at radius 1 is 1.47 bits per heavy atom. The molecule has 0 aliphatic rings. The lowest BCUT2D eigenvalue weighted by molar-refractivity contribution is -0.138. The number of halogens is 2. The Morgan fingerprint density at radius 2 is 2.16 bits per heavy atom. The molecular formula is C14H16Br2O3. The van der Waals surface area contributed by atoms with Crippen LogP contribution in [0.25, 0.3) is 0 Å². The van der Waals surface area contributed by atoms with E-state index in [9.17, 15) is 4.79 Å². The summed E-state index contributed by atoms with van der Waals surface area (Å²) in [6.07, 6.45) is 0.597. The molecular weight excluding hydrogens is 376 g/mol. The maximum absolute atomic E-state index is 11.6. The summed E-state index contributed by atoms with van der Waals surface area (Å²) < 4.78 is 11.2. The van der Waals surface area contributed by atoms with E-state index >= 15 is 0 Å². The van der Waals surface area contributed by atoms with Crippen LogP contribution in [0.4, 0.5) is 0 Å². The molecule has 0 saturated carbocycles. The Balaban J connectivity index is 2.81. The van der Waals surface area contributed by atoms with Crippen LogP contribution in [0.1, 0.15) is 12.5 Å². The maximum Gasteiger partial charge on any atom is 0.334 e. The third-order valence-corrected chi connectivity index (χ3v) is 3.93. The first-order valence-corrected chi connectivity index (χ1v) is 7.52. The van der Waals surface area contributed by atoms with Crippen molar-refractivity contribution in [3.05, 3.63) is 40.4 Å². The number of hydrogen-bond donors (Lipinski definition) is 0. The van der Waals surface area contributed by atoms with E-state index < -0.39 is 0 Å². The Labute approximate surface area is 130 Å². The number of hydrogen-bond acceptors (Lipinski definition) is 3. The lowest BCUT2D eigenvalue weighted by Gasteiger charge is -2.14. The number of benzene rings is 1. The molecule has 0 saturated heterocycles. The van der Waals surface area contributed by atoms with Gasteiger partial charge >= 0.3 is 5.97 Å². The molecule has 3 nitrogen and oxygen atoms in total. The van der Waals surface area contributed by atoms with Crippen molar-refractivity contribution in [2.75, 3.05) is 13.7 Å². The summed E-state index contributed by atoms with van der Waals surface area (Å²) in [6.45, 7) is 5.89. The van der Waals surface area contributed by atoms with Crippen molar-refractivity contribution in [2.45, 2.75) is 18.2 Å². The van der Waals surface area contributed by atoms with Crippen LogP contribution in [-0.2, 0) is 16.0 Å². The fraction of sp³-hybridized carbons (Fsp3) is 0.357. The Morgan fingerprint density at radius 3 is 2.74 bits per heavy atom. The molecule has 19 heavy (non-hydrogen) atoms. The molecule has 0 spiro atoms. The van der Waals surface area contributed by atoms with Gasteiger partial charge in [-0.25, -0.2) is 4.79 Å². The number of ether oxygens (including phenoxy) is 2. The fourth-order valence-electron chi connectivity index (χ4n) is 1.57. The Kier molecular flexibility index (Phi) is 6.58. The van der Waals surface area contributed by atoms with Gasteiger partial charge in [-0.2, -0.15) is 0 Å². The molecule has 1 aromatic rings. The third-order valence-electron chi connectivity index (χ3n) is 2.56. The quantitative estimate of drug-likeness (QED) is 0.419. The minimum absolute atomic E-state index is 0.185. The van der Waals surface area contributed by atoms with Crippen LogP contribution < -0.4 is 4.74 Å². The maximum atomic E-state index is 11.6. The standard InChI is InChI=1S/C14H16Br2O3/c1-4-19-14(17)9(2)12(16)8-10-7-11(15)5-6-13(10)18-3/h5-7,12H,2,4,8H2,1,3H3. The molecule has 0 fully saturated rings. The highest BCUT2D eigenvalue weighted by molar-refractivity contribution is 9.10. The molecule has 0 heterocycles. The number of esters is 1. The van der Waals surface area contributed by atoms with Gasteiger partial charge in [0.2, 0.25) is 0 Å². The minimum Gasteiger partial charge on any atom is -0.496 e. The van der Waals surface area contributed by atoms with Gasteiger partial charge in [0.15, 0.2) is 0 Å². The van der Waals surface area contributed by atoms with Gasteiger partial charge in [0.05, 0.1) is 18.5 Å². The summed E-state index contributed by atoms with van der Waals surface area (Å²) in [5, 5.41) is 0. The van der Waals surface area contributed by atoms with E-state index in [1.807, 2.05) is 18.2 Å². The zero-order valence-electron chi connectivity index (χ0n) is 10.9. The number of methoxy groups -OCH3 is 1. The first-order chi connectivity index (χ1) is 8.99. The van der Waals surface area contributed by atoms with E-state index in [1.54, 1.807) is 14.0 Å². The Hall–Kier alpha value is -0.810. The van der Waals surface area contributed by atoms with E-state index in [1.165, 1.54) is 0 Å². The molecule has 0 aromatic heterocycles. The zero-order chi connectivity index (χ0) is 14.4. The largest absolute Gasteiger partial charge is 0.496 e. The predicted octanol–water partition coefficient (Wildman–Crippen LogP) is 3.88. The molecule has 5 heteroatoms. The van der Waals surface area contributed by atoms with E-state index in [4.69, 9.17) is 9.47 Å². The summed E-state index contributed by atoms with van der Waals surface area (Å²) in [5.74, 6) is 0.405. The number of alkyl halides is 1. The summed E-state index contributed by atoms with van der Waals surface area (Å²) >= 11 is 6.89. The predicted molar refractivity (Wildman–Crippen MR) is 82.9 cm³/mol. The van der Waals surface area contributed by atoms with Gasteiger partial charge in [-0.15, -0.1) is 0 Å². The van der Waals surface area contributed by atoms with Crippen molar-refractivity contribution in [3.63, 3.8) is 0 Å². The van der Waals surface area contributed by atoms with E-state index in [2.05, 4.69) is 38.4 Å². The average Bonchev–Trinajstić information content (AvgIpc) is 2.38. The second kappa shape index (κ2) is 7.70. The van der Waals surface area contributed by atoms with Crippen molar-refractivity contribution in [3.8, 4) is 5.75 Å². The lowest BCUT2D eigenvalue weighted by Crippen LogP contribution is -2.17. The van der Waals surface area contributed by atoms with Crippen molar-refractivity contribution in [2.24, 2.45) is 0 Å². The lowest BCUT2D eigenvalue weighted by atomic mass is 10.0. The van der Waals surface area contributed by atoms with Crippen LogP contribution in [0.2, 0.25) is 0 Å². The van der Waals surface area contributed by atoms with Crippen LogP contribution in [0.5, 0.6) is 5.75 Å². The van der Waals surface area contributed by atoms with E-state index in [0.717, 1.165) is 15.8 Å². The van der Waals surface area contributed by atoms with Gasteiger partial charge in [-0.1, -0.05) is 38.4 Å². The highest BCUT2D eigenvalue weighted by Crippen LogP contribution is 2.27. The minimum atomic E-state index is -0.377. The molecule has 0 amide bonds. The summed E-state index contributed by atoms with van der Waals surface area (Å²) in [5.41, 5.74) is 1.40. The highest BCUT2D eigenvalue weighted by Gasteiger charge is 2.19. The number of carbonyl (C=O) groups is 1. The monoisotopic (exact) mass is 390 g/mol. The van der Waals surface area contributed by atoms with E-state index in [0.29, 0.717) is 18.6 Å². The smallest absolute Gasteiger partial charge is 0.334 e. The van der Waals surface area contributed by atoms with Gasteiger partial charge in [0, 0.05) is 10.0 Å². The molecule has 0 radical (unpaired) electrons. The van der Waals surface area contributed by atoms with Gasteiger partial charge < -0.3 is 9.47 Å². The first kappa shape index (κ1) is 16.2. The molecule has 1 aromatic carbocycles. The van der Waals surface area contributed by atoms with Gasteiger partial charge in [-0.05, 0) is 37.1 Å². The van der Waals surface area contributed by atoms with Crippen LogP contribution >= 0.6 is 31.9 Å². The van der Waals surface area contributed by atoms with Crippen LogP contribution in [0, 0.1) is 0 Å².